The van der Waals surface area contributed by atoms with Crippen molar-refractivity contribution in [1.82, 2.24) is 4.90 Å². The van der Waals surface area contributed by atoms with Gasteiger partial charge < -0.3 is 9.64 Å². The SMILES string of the molecule is CCCCCCCCCCN1CCC(COC(c2ccccc2)c2ccccc2)CC1. The fourth-order valence-corrected chi connectivity index (χ4v) is 4.72. The van der Waals surface area contributed by atoms with Gasteiger partial charge in [-0.05, 0) is 55.9 Å². The van der Waals surface area contributed by atoms with Crippen molar-refractivity contribution in [2.45, 2.75) is 77.2 Å². The highest BCUT2D eigenvalue weighted by Gasteiger charge is 2.22. The van der Waals surface area contributed by atoms with Gasteiger partial charge in [0.25, 0.3) is 0 Å². The number of unbranched alkanes of at least 4 members (excludes halogenated alkanes) is 7. The predicted molar refractivity (Wildman–Crippen MR) is 132 cm³/mol. The predicted octanol–water partition coefficient (Wildman–Crippen LogP) is 7.65. The Hall–Kier alpha value is -1.64. The van der Waals surface area contributed by atoms with E-state index in [9.17, 15) is 0 Å². The minimum Gasteiger partial charge on any atom is -0.368 e. The van der Waals surface area contributed by atoms with Crippen LogP contribution < -0.4 is 0 Å². The van der Waals surface area contributed by atoms with Crippen LogP contribution in [0.1, 0.15) is 88.4 Å². The van der Waals surface area contributed by atoms with Gasteiger partial charge in [0.05, 0.1) is 6.61 Å². The van der Waals surface area contributed by atoms with E-state index in [-0.39, 0.29) is 6.10 Å². The topological polar surface area (TPSA) is 12.5 Å². The van der Waals surface area contributed by atoms with Gasteiger partial charge in [0.2, 0.25) is 0 Å². The van der Waals surface area contributed by atoms with Crippen LogP contribution in [0.4, 0.5) is 0 Å². The Morgan fingerprint density at radius 1 is 0.742 bits per heavy atom. The Balaban J connectivity index is 1.34. The lowest BCUT2D eigenvalue weighted by atomic mass is 9.96. The van der Waals surface area contributed by atoms with E-state index in [0.29, 0.717) is 5.92 Å². The third kappa shape index (κ3) is 8.79. The second-order valence-electron chi connectivity index (χ2n) is 9.29. The monoisotopic (exact) mass is 421 g/mol. The average molecular weight is 422 g/mol. The molecule has 2 nitrogen and oxygen atoms in total. The van der Waals surface area contributed by atoms with Gasteiger partial charge in [-0.15, -0.1) is 0 Å². The molecule has 0 spiro atoms. The number of ether oxygens (including phenoxy) is 1. The van der Waals surface area contributed by atoms with Crippen molar-refractivity contribution in [2.24, 2.45) is 5.92 Å². The van der Waals surface area contributed by atoms with Crippen LogP contribution in [0.15, 0.2) is 60.7 Å². The molecule has 170 valence electrons. The Labute approximate surface area is 191 Å². The smallest absolute Gasteiger partial charge is 0.108 e. The molecule has 2 aromatic rings. The molecule has 3 rings (SSSR count). The van der Waals surface area contributed by atoms with Crippen molar-refractivity contribution in [3.05, 3.63) is 71.8 Å². The standard InChI is InChI=1S/C29H43NO/c1-2-3-4-5-6-7-8-15-22-30-23-20-26(21-24-30)25-31-29(27-16-11-9-12-17-27)28-18-13-10-14-19-28/h9-14,16-19,26,29H,2-8,15,20-25H2,1H3. The number of piperidine rings is 1. The molecule has 2 aromatic carbocycles. The fourth-order valence-electron chi connectivity index (χ4n) is 4.72. The summed E-state index contributed by atoms with van der Waals surface area (Å²) < 4.78 is 6.52. The molecule has 1 fully saturated rings. The maximum atomic E-state index is 6.52. The van der Waals surface area contributed by atoms with Gasteiger partial charge in [-0.1, -0.05) is 113 Å². The van der Waals surface area contributed by atoms with E-state index < -0.39 is 0 Å². The normalized spacial score (nSPS) is 15.5. The summed E-state index contributed by atoms with van der Waals surface area (Å²) in [6.07, 6.45) is 13.9. The van der Waals surface area contributed by atoms with Crippen molar-refractivity contribution in [3.8, 4) is 0 Å². The first-order chi connectivity index (χ1) is 15.4. The van der Waals surface area contributed by atoms with Gasteiger partial charge in [0.1, 0.15) is 6.10 Å². The van der Waals surface area contributed by atoms with Crippen LogP contribution in [-0.4, -0.2) is 31.1 Å². The van der Waals surface area contributed by atoms with Crippen LogP contribution in [0.25, 0.3) is 0 Å². The van der Waals surface area contributed by atoms with Crippen molar-refractivity contribution < 1.29 is 4.74 Å². The maximum Gasteiger partial charge on any atom is 0.108 e. The summed E-state index contributed by atoms with van der Waals surface area (Å²) in [6, 6.07) is 21.3. The summed E-state index contributed by atoms with van der Waals surface area (Å²) in [5.74, 6) is 0.685. The van der Waals surface area contributed by atoms with E-state index in [1.807, 2.05) is 0 Å². The zero-order chi connectivity index (χ0) is 21.6. The van der Waals surface area contributed by atoms with E-state index >= 15 is 0 Å². The molecule has 0 saturated carbocycles. The minimum absolute atomic E-state index is 0.0396. The molecular formula is C29H43NO. The van der Waals surface area contributed by atoms with E-state index in [0.717, 1.165) is 6.61 Å². The third-order valence-electron chi connectivity index (χ3n) is 6.74. The first-order valence-corrected chi connectivity index (χ1v) is 12.8. The number of likely N-dealkylation sites (tertiary alicyclic amines) is 1. The van der Waals surface area contributed by atoms with E-state index in [1.165, 1.54) is 95.0 Å². The highest BCUT2D eigenvalue weighted by atomic mass is 16.5. The van der Waals surface area contributed by atoms with E-state index in [2.05, 4.69) is 72.5 Å². The summed E-state index contributed by atoms with van der Waals surface area (Å²) in [4.78, 5) is 2.68. The van der Waals surface area contributed by atoms with Crippen molar-refractivity contribution >= 4 is 0 Å². The summed E-state index contributed by atoms with van der Waals surface area (Å²) in [5.41, 5.74) is 2.50. The Bertz CT molecular complexity index is 639. The first-order valence-electron chi connectivity index (χ1n) is 12.8. The molecule has 1 saturated heterocycles. The Kier molecular flexibility index (Phi) is 11.2. The second-order valence-corrected chi connectivity index (χ2v) is 9.29. The molecule has 2 heteroatoms. The number of benzene rings is 2. The molecule has 0 aliphatic carbocycles. The van der Waals surface area contributed by atoms with Crippen LogP contribution in [-0.2, 0) is 4.74 Å². The molecular weight excluding hydrogens is 378 g/mol. The molecule has 0 bridgehead atoms. The van der Waals surface area contributed by atoms with E-state index in [4.69, 9.17) is 4.74 Å². The molecule has 1 aliphatic rings. The molecule has 0 unspecified atom stereocenters. The lowest BCUT2D eigenvalue weighted by Gasteiger charge is -2.32. The lowest BCUT2D eigenvalue weighted by Crippen LogP contribution is -2.35. The van der Waals surface area contributed by atoms with Gasteiger partial charge >= 0.3 is 0 Å². The van der Waals surface area contributed by atoms with Gasteiger partial charge in [0.15, 0.2) is 0 Å². The van der Waals surface area contributed by atoms with E-state index in [1.54, 1.807) is 0 Å². The zero-order valence-electron chi connectivity index (χ0n) is 19.7. The molecule has 1 aliphatic heterocycles. The summed E-state index contributed by atoms with van der Waals surface area (Å²) in [5, 5.41) is 0. The largest absolute Gasteiger partial charge is 0.368 e. The third-order valence-corrected chi connectivity index (χ3v) is 6.74. The van der Waals surface area contributed by atoms with Gasteiger partial charge in [-0.25, -0.2) is 0 Å². The molecule has 0 N–H and O–H groups in total. The number of hydrogen-bond donors (Lipinski definition) is 0. The van der Waals surface area contributed by atoms with Crippen LogP contribution in [0.3, 0.4) is 0 Å². The van der Waals surface area contributed by atoms with Crippen LogP contribution >= 0.6 is 0 Å². The van der Waals surface area contributed by atoms with Crippen molar-refractivity contribution in [3.63, 3.8) is 0 Å². The molecule has 0 amide bonds. The molecule has 0 aromatic heterocycles. The first kappa shape index (κ1) is 24.0. The summed E-state index contributed by atoms with van der Waals surface area (Å²) in [7, 11) is 0. The van der Waals surface area contributed by atoms with Crippen LogP contribution in [0, 0.1) is 5.92 Å². The Morgan fingerprint density at radius 2 is 1.26 bits per heavy atom. The quantitative estimate of drug-likeness (QED) is 0.290. The molecule has 0 atom stereocenters. The number of hydrogen-bond acceptors (Lipinski definition) is 2. The number of nitrogens with zero attached hydrogens (tertiary/aromatic N) is 1. The second kappa shape index (κ2) is 14.4. The average Bonchev–Trinajstić information content (AvgIpc) is 2.83. The highest BCUT2D eigenvalue weighted by Crippen LogP contribution is 2.28. The van der Waals surface area contributed by atoms with Crippen LogP contribution in [0.5, 0.6) is 0 Å². The maximum absolute atomic E-state index is 6.52. The van der Waals surface area contributed by atoms with Crippen LogP contribution in [0.2, 0.25) is 0 Å². The molecule has 31 heavy (non-hydrogen) atoms. The van der Waals surface area contributed by atoms with Crippen molar-refractivity contribution in [1.29, 1.82) is 0 Å². The summed E-state index contributed by atoms with van der Waals surface area (Å²) in [6.45, 7) is 6.93. The number of rotatable bonds is 14. The zero-order valence-corrected chi connectivity index (χ0v) is 19.7. The van der Waals surface area contributed by atoms with Gasteiger partial charge in [-0.2, -0.15) is 0 Å². The highest BCUT2D eigenvalue weighted by molar-refractivity contribution is 5.29. The van der Waals surface area contributed by atoms with Crippen molar-refractivity contribution in [2.75, 3.05) is 26.2 Å². The molecule has 1 heterocycles. The Morgan fingerprint density at radius 3 is 1.81 bits per heavy atom. The minimum atomic E-state index is 0.0396. The molecule has 0 radical (unpaired) electrons. The fraction of sp³-hybridized carbons (Fsp3) is 0.586. The summed E-state index contributed by atoms with van der Waals surface area (Å²) >= 11 is 0. The van der Waals surface area contributed by atoms with Gasteiger partial charge in [0, 0.05) is 0 Å². The van der Waals surface area contributed by atoms with Gasteiger partial charge in [-0.3, -0.25) is 0 Å². The lowest BCUT2D eigenvalue weighted by molar-refractivity contribution is 0.0308.